The molecule has 276 valence electrons. The first kappa shape index (κ1) is 33.8. The minimum Gasteiger partial charge on any atom is -0.436 e. The second-order valence-electron chi connectivity index (χ2n) is 14.6. The SMILES string of the molecule is c1ccc(-c2nc(-c3ccc(-c4cccc5c4sc4ccc(-c6cccc(-c7nc8ccccc8o7)c6)cc45)cc3)nc(-c3cccc4c3sc3ccccc34)n2)cc1. The lowest BCUT2D eigenvalue weighted by molar-refractivity contribution is 0.620. The lowest BCUT2D eigenvalue weighted by atomic mass is 9.99. The second-order valence-corrected chi connectivity index (χ2v) is 16.7. The van der Waals surface area contributed by atoms with Gasteiger partial charge in [0, 0.05) is 62.6 Å². The Morgan fingerprint density at radius 2 is 0.898 bits per heavy atom. The van der Waals surface area contributed by atoms with E-state index in [2.05, 4.69) is 140 Å². The summed E-state index contributed by atoms with van der Waals surface area (Å²) in [4.78, 5) is 20.0. The van der Waals surface area contributed by atoms with Gasteiger partial charge >= 0.3 is 0 Å². The van der Waals surface area contributed by atoms with Gasteiger partial charge < -0.3 is 4.42 Å². The number of thiophene rings is 2. The van der Waals surface area contributed by atoms with Gasteiger partial charge in [-0.15, -0.1) is 22.7 Å². The van der Waals surface area contributed by atoms with Crippen LogP contribution in [-0.4, -0.2) is 19.9 Å². The number of hydrogen-bond donors (Lipinski definition) is 0. The minimum absolute atomic E-state index is 0.628. The molecular formula is C52H30N4OS2. The molecule has 0 unspecified atom stereocenters. The molecule has 59 heavy (non-hydrogen) atoms. The van der Waals surface area contributed by atoms with Crippen LogP contribution in [0.3, 0.4) is 0 Å². The Hall–Kier alpha value is -7.32. The van der Waals surface area contributed by atoms with E-state index in [0.29, 0.717) is 23.4 Å². The van der Waals surface area contributed by atoms with Crippen LogP contribution >= 0.6 is 22.7 Å². The molecule has 4 aromatic heterocycles. The summed E-state index contributed by atoms with van der Waals surface area (Å²) in [7, 11) is 0. The predicted molar refractivity (Wildman–Crippen MR) is 246 cm³/mol. The van der Waals surface area contributed by atoms with E-state index < -0.39 is 0 Å². The molecule has 8 aromatic carbocycles. The number of para-hydroxylation sites is 2. The molecule has 0 N–H and O–H groups in total. The topological polar surface area (TPSA) is 64.7 Å². The third-order valence-electron chi connectivity index (χ3n) is 11.0. The zero-order valence-corrected chi connectivity index (χ0v) is 33.0. The van der Waals surface area contributed by atoms with Crippen LogP contribution in [0.5, 0.6) is 0 Å². The van der Waals surface area contributed by atoms with Gasteiger partial charge in [0.05, 0.1) is 0 Å². The highest BCUT2D eigenvalue weighted by Crippen LogP contribution is 2.43. The van der Waals surface area contributed by atoms with Crippen molar-refractivity contribution in [1.29, 1.82) is 0 Å². The number of aromatic nitrogens is 4. The monoisotopic (exact) mass is 790 g/mol. The molecule has 12 aromatic rings. The van der Waals surface area contributed by atoms with Crippen molar-refractivity contribution < 1.29 is 4.42 Å². The number of fused-ring (bicyclic) bond motifs is 7. The fraction of sp³-hybridized carbons (Fsp3) is 0. The van der Waals surface area contributed by atoms with E-state index in [-0.39, 0.29) is 0 Å². The van der Waals surface area contributed by atoms with Crippen LogP contribution in [0.4, 0.5) is 0 Å². The van der Waals surface area contributed by atoms with Crippen LogP contribution in [-0.2, 0) is 0 Å². The summed E-state index contributed by atoms with van der Waals surface area (Å²) in [5.74, 6) is 2.59. The fourth-order valence-corrected chi connectivity index (χ4v) is 10.5. The maximum Gasteiger partial charge on any atom is 0.227 e. The number of rotatable bonds is 6. The Labute approximate surface area is 346 Å². The van der Waals surface area contributed by atoms with Crippen LogP contribution in [0.1, 0.15) is 0 Å². The molecule has 4 heterocycles. The molecule has 0 radical (unpaired) electrons. The smallest absolute Gasteiger partial charge is 0.227 e. The van der Waals surface area contributed by atoms with Gasteiger partial charge in [-0.1, -0.05) is 133 Å². The lowest BCUT2D eigenvalue weighted by Gasteiger charge is -2.10. The molecular weight excluding hydrogens is 761 g/mol. The van der Waals surface area contributed by atoms with Gasteiger partial charge in [0.15, 0.2) is 23.1 Å². The maximum atomic E-state index is 6.10. The molecule has 0 amide bonds. The summed E-state index contributed by atoms with van der Waals surface area (Å²) in [5, 5.41) is 4.95. The van der Waals surface area contributed by atoms with Crippen LogP contribution in [0.25, 0.3) is 119 Å². The summed E-state index contributed by atoms with van der Waals surface area (Å²) in [5.41, 5.74) is 10.1. The van der Waals surface area contributed by atoms with E-state index in [1.807, 2.05) is 53.8 Å². The van der Waals surface area contributed by atoms with Crippen LogP contribution < -0.4 is 0 Å². The highest BCUT2D eigenvalue weighted by molar-refractivity contribution is 7.26. The van der Waals surface area contributed by atoms with E-state index in [1.54, 1.807) is 11.3 Å². The van der Waals surface area contributed by atoms with Crippen molar-refractivity contribution in [2.45, 2.75) is 0 Å². The third kappa shape index (κ3) is 5.82. The summed E-state index contributed by atoms with van der Waals surface area (Å²) in [6, 6.07) is 63.5. The Bertz CT molecular complexity index is 3530. The first-order valence-electron chi connectivity index (χ1n) is 19.4. The molecule has 0 spiro atoms. The minimum atomic E-state index is 0.628. The molecule has 0 aliphatic rings. The van der Waals surface area contributed by atoms with E-state index in [9.17, 15) is 0 Å². The molecule has 7 heteroatoms. The molecule has 0 atom stereocenters. The molecule has 0 fully saturated rings. The summed E-state index contributed by atoms with van der Waals surface area (Å²) >= 11 is 3.62. The Morgan fingerprint density at radius 3 is 1.73 bits per heavy atom. The first-order chi connectivity index (χ1) is 29.2. The lowest BCUT2D eigenvalue weighted by Crippen LogP contribution is -2.00. The average Bonchev–Trinajstić information content (AvgIpc) is 4.03. The van der Waals surface area contributed by atoms with Crippen molar-refractivity contribution in [2.75, 3.05) is 0 Å². The highest BCUT2D eigenvalue weighted by Gasteiger charge is 2.18. The predicted octanol–water partition coefficient (Wildman–Crippen LogP) is 14.8. The molecule has 0 saturated carbocycles. The molecule has 0 saturated heterocycles. The average molecular weight is 791 g/mol. The van der Waals surface area contributed by atoms with E-state index in [1.165, 1.54) is 45.9 Å². The van der Waals surface area contributed by atoms with Crippen molar-refractivity contribution in [1.82, 2.24) is 19.9 Å². The summed E-state index contributed by atoms with van der Waals surface area (Å²) in [6.45, 7) is 0. The van der Waals surface area contributed by atoms with Crippen LogP contribution in [0.15, 0.2) is 186 Å². The van der Waals surface area contributed by atoms with E-state index >= 15 is 0 Å². The maximum absolute atomic E-state index is 6.10. The molecule has 0 aliphatic heterocycles. The van der Waals surface area contributed by atoms with Crippen molar-refractivity contribution in [3.63, 3.8) is 0 Å². The van der Waals surface area contributed by atoms with Gasteiger partial charge in [0.1, 0.15) is 5.52 Å². The third-order valence-corrected chi connectivity index (χ3v) is 13.4. The van der Waals surface area contributed by atoms with Crippen molar-refractivity contribution in [3.05, 3.63) is 182 Å². The normalized spacial score (nSPS) is 11.7. The largest absolute Gasteiger partial charge is 0.436 e. The first-order valence-corrected chi connectivity index (χ1v) is 21.1. The van der Waals surface area contributed by atoms with Gasteiger partial charge in [-0.3, -0.25) is 0 Å². The van der Waals surface area contributed by atoms with Gasteiger partial charge in [0.25, 0.3) is 0 Å². The Kier molecular flexibility index (Phi) is 7.82. The van der Waals surface area contributed by atoms with Crippen molar-refractivity contribution >= 4 is 74.1 Å². The number of hydrogen-bond acceptors (Lipinski definition) is 7. The molecule has 12 rings (SSSR count). The van der Waals surface area contributed by atoms with E-state index in [4.69, 9.17) is 24.4 Å². The Balaban J connectivity index is 0.916. The van der Waals surface area contributed by atoms with Gasteiger partial charge in [0.2, 0.25) is 5.89 Å². The van der Waals surface area contributed by atoms with Crippen molar-refractivity contribution in [2.24, 2.45) is 0 Å². The zero-order chi connectivity index (χ0) is 38.9. The second kappa shape index (κ2) is 13.7. The van der Waals surface area contributed by atoms with Gasteiger partial charge in [-0.2, -0.15) is 0 Å². The molecule has 0 aliphatic carbocycles. The van der Waals surface area contributed by atoms with E-state index in [0.717, 1.165) is 50.0 Å². The Morgan fingerprint density at radius 1 is 0.339 bits per heavy atom. The van der Waals surface area contributed by atoms with Gasteiger partial charge in [-0.25, -0.2) is 19.9 Å². The quantitative estimate of drug-likeness (QED) is 0.168. The number of benzene rings is 8. The zero-order valence-electron chi connectivity index (χ0n) is 31.3. The van der Waals surface area contributed by atoms with Crippen molar-refractivity contribution in [3.8, 4) is 67.9 Å². The van der Waals surface area contributed by atoms with Gasteiger partial charge in [-0.05, 0) is 70.8 Å². The number of oxazole rings is 1. The van der Waals surface area contributed by atoms with Crippen LogP contribution in [0, 0.1) is 0 Å². The fourth-order valence-electron chi connectivity index (χ4n) is 8.10. The van der Waals surface area contributed by atoms with Crippen LogP contribution in [0.2, 0.25) is 0 Å². The molecule has 0 bridgehead atoms. The number of nitrogens with zero attached hydrogens (tertiary/aromatic N) is 4. The highest BCUT2D eigenvalue weighted by atomic mass is 32.1. The summed E-state index contributed by atoms with van der Waals surface area (Å²) < 4.78 is 11.0. The summed E-state index contributed by atoms with van der Waals surface area (Å²) in [6.07, 6.45) is 0. The standard InChI is InChI=1S/C52H30N4OS2/c1-2-11-32(12-3-1)49-54-50(56-51(55-49)41-19-10-17-39-38-15-4-7-22-45(38)58-48(39)41)33-25-23-31(24-26-33)37-16-9-18-40-42-30-35(27-28-46(42)59-47(37)40)34-13-8-14-36(29-34)52-53-43-20-5-6-21-44(43)57-52/h1-30H. The molecule has 5 nitrogen and oxygen atoms in total.